The summed E-state index contributed by atoms with van der Waals surface area (Å²) in [6.45, 7) is 7.15. The van der Waals surface area contributed by atoms with E-state index in [9.17, 15) is 14.4 Å². The largest absolute Gasteiger partial charge is 0.348 e. The van der Waals surface area contributed by atoms with Crippen molar-refractivity contribution in [2.75, 3.05) is 18.4 Å². The van der Waals surface area contributed by atoms with Gasteiger partial charge >= 0.3 is 0 Å². The van der Waals surface area contributed by atoms with E-state index in [-0.39, 0.29) is 17.7 Å². The van der Waals surface area contributed by atoms with Crippen LogP contribution in [0.3, 0.4) is 0 Å². The van der Waals surface area contributed by atoms with Gasteiger partial charge in [-0.15, -0.1) is 0 Å². The smallest absolute Gasteiger partial charge is 0.255 e. The second-order valence-electron chi connectivity index (χ2n) is 7.07. The number of hydrogen-bond acceptors (Lipinski definition) is 3. The SMILES string of the molecule is C=CC(=O)NCc1ccc(C(=O)Nc2c(C)cccc2C(=O)N2CCCC2)cc1. The molecule has 0 aliphatic carbocycles. The van der Waals surface area contributed by atoms with Gasteiger partial charge in [-0.25, -0.2) is 0 Å². The lowest BCUT2D eigenvalue weighted by atomic mass is 10.1. The lowest BCUT2D eigenvalue weighted by molar-refractivity contribution is -0.116. The van der Waals surface area contributed by atoms with Crippen LogP contribution in [-0.2, 0) is 11.3 Å². The standard InChI is InChI=1S/C23H25N3O3/c1-3-20(27)24-15-17-9-11-18(12-10-17)22(28)25-21-16(2)7-6-8-19(21)23(29)26-13-4-5-14-26/h3,6-12H,1,4-5,13-15H2,2H3,(H,24,27)(H,25,28). The van der Waals surface area contributed by atoms with Crippen molar-refractivity contribution in [2.24, 2.45) is 0 Å². The Kier molecular flexibility index (Phi) is 6.44. The van der Waals surface area contributed by atoms with Crippen molar-refractivity contribution >= 4 is 23.4 Å². The van der Waals surface area contributed by atoms with Crippen LogP contribution in [0.15, 0.2) is 55.1 Å². The summed E-state index contributed by atoms with van der Waals surface area (Å²) < 4.78 is 0. The summed E-state index contributed by atoms with van der Waals surface area (Å²) in [7, 11) is 0. The summed E-state index contributed by atoms with van der Waals surface area (Å²) in [4.78, 5) is 38.7. The molecule has 0 aromatic heterocycles. The van der Waals surface area contributed by atoms with Crippen LogP contribution in [0.4, 0.5) is 5.69 Å². The zero-order valence-electron chi connectivity index (χ0n) is 16.5. The predicted octanol–water partition coefficient (Wildman–Crippen LogP) is 3.29. The van der Waals surface area contributed by atoms with Crippen LogP contribution in [0.5, 0.6) is 0 Å². The van der Waals surface area contributed by atoms with Gasteiger partial charge in [0.25, 0.3) is 11.8 Å². The van der Waals surface area contributed by atoms with Crippen LogP contribution in [0, 0.1) is 6.92 Å². The van der Waals surface area contributed by atoms with Gasteiger partial charge in [-0.05, 0) is 55.2 Å². The molecule has 0 unspecified atom stereocenters. The molecule has 0 spiro atoms. The molecule has 1 aliphatic heterocycles. The van der Waals surface area contributed by atoms with Gasteiger partial charge in [0.15, 0.2) is 0 Å². The maximum atomic E-state index is 12.9. The van der Waals surface area contributed by atoms with Crippen molar-refractivity contribution in [1.29, 1.82) is 0 Å². The molecule has 1 aliphatic rings. The van der Waals surface area contributed by atoms with E-state index >= 15 is 0 Å². The quantitative estimate of drug-likeness (QED) is 0.742. The van der Waals surface area contributed by atoms with Crippen LogP contribution >= 0.6 is 0 Å². The summed E-state index contributed by atoms with van der Waals surface area (Å²) in [5.41, 5.74) is 3.26. The van der Waals surface area contributed by atoms with Crippen LogP contribution in [0.1, 0.15) is 44.7 Å². The Hall–Kier alpha value is -3.41. The molecule has 0 atom stereocenters. The maximum absolute atomic E-state index is 12.9. The lowest BCUT2D eigenvalue weighted by Gasteiger charge is -2.19. The van der Waals surface area contributed by atoms with E-state index in [2.05, 4.69) is 17.2 Å². The van der Waals surface area contributed by atoms with Gasteiger partial charge in [-0.3, -0.25) is 14.4 Å². The Morgan fingerprint density at radius 3 is 2.41 bits per heavy atom. The Bertz CT molecular complexity index is 929. The first kappa shape index (κ1) is 20.3. The Balaban J connectivity index is 1.74. The molecule has 0 saturated carbocycles. The van der Waals surface area contributed by atoms with Gasteiger partial charge < -0.3 is 15.5 Å². The van der Waals surface area contributed by atoms with E-state index in [0.717, 1.165) is 37.1 Å². The van der Waals surface area contributed by atoms with Crippen molar-refractivity contribution in [2.45, 2.75) is 26.3 Å². The van der Waals surface area contributed by atoms with Crippen LogP contribution < -0.4 is 10.6 Å². The van der Waals surface area contributed by atoms with E-state index in [4.69, 9.17) is 0 Å². The highest BCUT2D eigenvalue weighted by Crippen LogP contribution is 2.24. The summed E-state index contributed by atoms with van der Waals surface area (Å²) in [5.74, 6) is -0.576. The molecule has 0 radical (unpaired) electrons. The zero-order valence-corrected chi connectivity index (χ0v) is 16.5. The van der Waals surface area contributed by atoms with E-state index in [1.807, 2.05) is 24.0 Å². The highest BCUT2D eigenvalue weighted by atomic mass is 16.2. The number of para-hydroxylation sites is 1. The van der Waals surface area contributed by atoms with E-state index in [1.54, 1.807) is 30.3 Å². The number of carbonyl (C=O) groups is 3. The molecule has 3 amide bonds. The average Bonchev–Trinajstić information content (AvgIpc) is 3.28. The molecular weight excluding hydrogens is 366 g/mol. The van der Waals surface area contributed by atoms with Crippen molar-refractivity contribution in [3.63, 3.8) is 0 Å². The van der Waals surface area contributed by atoms with Gasteiger partial charge in [0.1, 0.15) is 0 Å². The normalized spacial score (nSPS) is 13.1. The first-order valence-corrected chi connectivity index (χ1v) is 9.69. The molecule has 1 saturated heterocycles. The Morgan fingerprint density at radius 1 is 1.07 bits per heavy atom. The summed E-state index contributed by atoms with van der Waals surface area (Å²) in [6, 6.07) is 12.4. The molecule has 2 aromatic rings. The predicted molar refractivity (Wildman–Crippen MR) is 113 cm³/mol. The molecule has 150 valence electrons. The van der Waals surface area contributed by atoms with Gasteiger partial charge in [-0.1, -0.05) is 30.8 Å². The first-order chi connectivity index (χ1) is 14.0. The Labute approximate surface area is 170 Å². The molecule has 6 heteroatoms. The van der Waals surface area contributed by atoms with Gasteiger partial charge in [-0.2, -0.15) is 0 Å². The molecule has 1 fully saturated rings. The second-order valence-corrected chi connectivity index (χ2v) is 7.07. The number of rotatable bonds is 6. The van der Waals surface area contributed by atoms with E-state index in [1.165, 1.54) is 6.08 Å². The molecule has 2 N–H and O–H groups in total. The number of nitrogens with zero attached hydrogens (tertiary/aromatic N) is 1. The number of nitrogens with one attached hydrogen (secondary N) is 2. The third-order valence-electron chi connectivity index (χ3n) is 5.00. The molecular formula is C23H25N3O3. The molecule has 2 aromatic carbocycles. The number of aryl methyl sites for hydroxylation is 1. The number of hydrogen-bond donors (Lipinski definition) is 2. The monoisotopic (exact) mass is 391 g/mol. The fourth-order valence-corrected chi connectivity index (χ4v) is 3.32. The zero-order chi connectivity index (χ0) is 20.8. The van der Waals surface area contributed by atoms with Crippen molar-refractivity contribution < 1.29 is 14.4 Å². The highest BCUT2D eigenvalue weighted by molar-refractivity contribution is 6.09. The number of benzene rings is 2. The minimum atomic E-state index is -0.281. The van der Waals surface area contributed by atoms with Crippen molar-refractivity contribution in [3.8, 4) is 0 Å². The molecule has 0 bridgehead atoms. The number of likely N-dealkylation sites (tertiary alicyclic amines) is 1. The summed E-state index contributed by atoms with van der Waals surface area (Å²) in [6.07, 6.45) is 3.24. The highest BCUT2D eigenvalue weighted by Gasteiger charge is 2.23. The summed E-state index contributed by atoms with van der Waals surface area (Å²) in [5, 5.41) is 5.60. The lowest BCUT2D eigenvalue weighted by Crippen LogP contribution is -2.29. The van der Waals surface area contributed by atoms with E-state index in [0.29, 0.717) is 23.4 Å². The minimum absolute atomic E-state index is 0.0465. The van der Waals surface area contributed by atoms with E-state index < -0.39 is 0 Å². The fraction of sp³-hybridized carbons (Fsp3) is 0.261. The third-order valence-corrected chi connectivity index (χ3v) is 5.00. The topological polar surface area (TPSA) is 78.5 Å². The average molecular weight is 391 g/mol. The maximum Gasteiger partial charge on any atom is 0.255 e. The van der Waals surface area contributed by atoms with Crippen LogP contribution in [-0.4, -0.2) is 35.7 Å². The van der Waals surface area contributed by atoms with Crippen LogP contribution in [0.2, 0.25) is 0 Å². The molecule has 6 nitrogen and oxygen atoms in total. The van der Waals surface area contributed by atoms with Crippen molar-refractivity contribution in [3.05, 3.63) is 77.4 Å². The number of amides is 3. The molecule has 1 heterocycles. The third kappa shape index (κ3) is 4.90. The minimum Gasteiger partial charge on any atom is -0.348 e. The van der Waals surface area contributed by atoms with Gasteiger partial charge in [0.2, 0.25) is 5.91 Å². The Morgan fingerprint density at radius 2 is 1.76 bits per heavy atom. The summed E-state index contributed by atoms with van der Waals surface area (Å²) >= 11 is 0. The van der Waals surface area contributed by atoms with Crippen molar-refractivity contribution in [1.82, 2.24) is 10.2 Å². The molecule has 29 heavy (non-hydrogen) atoms. The number of anilines is 1. The van der Waals surface area contributed by atoms with Gasteiger partial charge in [0, 0.05) is 25.2 Å². The number of carbonyl (C=O) groups excluding carboxylic acids is 3. The first-order valence-electron chi connectivity index (χ1n) is 9.69. The van der Waals surface area contributed by atoms with Gasteiger partial charge in [0.05, 0.1) is 11.3 Å². The van der Waals surface area contributed by atoms with Crippen LogP contribution in [0.25, 0.3) is 0 Å². The molecule has 3 rings (SSSR count). The second kappa shape index (κ2) is 9.19. The fourth-order valence-electron chi connectivity index (χ4n) is 3.32.